The number of rotatable bonds is 5. The van der Waals surface area contributed by atoms with Gasteiger partial charge in [0.05, 0.1) is 16.6 Å². The highest BCUT2D eigenvalue weighted by atomic mass is 32.2. The number of imidazole rings is 1. The Hall–Kier alpha value is -1.53. The second-order valence-electron chi connectivity index (χ2n) is 5.96. The molecule has 0 spiro atoms. The molecule has 2 heterocycles. The molecule has 1 aromatic carbocycles. The zero-order chi connectivity index (χ0) is 15.6. The van der Waals surface area contributed by atoms with Gasteiger partial charge in [-0.15, -0.1) is 0 Å². The summed E-state index contributed by atoms with van der Waals surface area (Å²) < 4.78 is 0. The first-order valence-corrected chi connectivity index (χ1v) is 8.72. The Morgan fingerprint density at radius 1 is 1.55 bits per heavy atom. The molecule has 1 unspecified atom stereocenters. The zero-order valence-electron chi connectivity index (χ0n) is 12.7. The first-order chi connectivity index (χ1) is 10.6. The van der Waals surface area contributed by atoms with Crippen LogP contribution in [-0.4, -0.2) is 44.6 Å². The van der Waals surface area contributed by atoms with Crippen LogP contribution >= 0.6 is 11.8 Å². The lowest BCUT2D eigenvalue weighted by atomic mass is 10.0. The van der Waals surface area contributed by atoms with Crippen molar-refractivity contribution in [2.45, 2.75) is 31.8 Å². The molecule has 3 N–H and O–H groups in total. The summed E-state index contributed by atoms with van der Waals surface area (Å²) in [6, 6.07) is 6.01. The first kappa shape index (κ1) is 15.4. The third kappa shape index (κ3) is 3.44. The van der Waals surface area contributed by atoms with Crippen molar-refractivity contribution in [2.75, 3.05) is 18.1 Å². The topological polar surface area (TPSA) is 78.0 Å². The molecule has 0 saturated carbocycles. The first-order valence-electron chi connectivity index (χ1n) is 7.57. The van der Waals surface area contributed by atoms with E-state index in [1.54, 1.807) is 11.8 Å². The fraction of sp³-hybridized carbons (Fsp3) is 0.500. The summed E-state index contributed by atoms with van der Waals surface area (Å²) >= 11 is 1.73. The van der Waals surface area contributed by atoms with Crippen LogP contribution in [0.2, 0.25) is 0 Å². The molecule has 1 aliphatic rings. The predicted molar refractivity (Wildman–Crippen MR) is 89.1 cm³/mol. The van der Waals surface area contributed by atoms with Crippen molar-refractivity contribution in [1.29, 1.82) is 0 Å². The summed E-state index contributed by atoms with van der Waals surface area (Å²) in [6.45, 7) is 2.37. The van der Waals surface area contributed by atoms with Crippen molar-refractivity contribution in [3.8, 4) is 0 Å². The van der Waals surface area contributed by atoms with Gasteiger partial charge in [-0.2, -0.15) is 11.8 Å². The van der Waals surface area contributed by atoms with Crippen LogP contribution in [0.4, 0.5) is 0 Å². The molecule has 0 aliphatic carbocycles. The minimum absolute atomic E-state index is 0.0393. The van der Waals surface area contributed by atoms with Crippen molar-refractivity contribution in [1.82, 2.24) is 15.3 Å². The normalized spacial score (nSPS) is 21.4. The number of fused-ring (bicyclic) bond motifs is 1. The van der Waals surface area contributed by atoms with Gasteiger partial charge in [0.15, 0.2) is 0 Å². The lowest BCUT2D eigenvalue weighted by Gasteiger charge is -2.21. The van der Waals surface area contributed by atoms with Crippen molar-refractivity contribution < 1.29 is 9.90 Å². The molecular formula is C16H21N3O2S. The van der Waals surface area contributed by atoms with Crippen molar-refractivity contribution in [3.05, 3.63) is 29.6 Å². The number of thioether (sulfide) groups is 1. The molecule has 0 radical (unpaired) electrons. The number of aromatic amines is 1. The van der Waals surface area contributed by atoms with Crippen LogP contribution in [0, 0.1) is 6.92 Å². The van der Waals surface area contributed by atoms with E-state index in [0.29, 0.717) is 25.1 Å². The quantitative estimate of drug-likeness (QED) is 0.785. The zero-order valence-corrected chi connectivity index (χ0v) is 13.5. The van der Waals surface area contributed by atoms with Gasteiger partial charge in [-0.05, 0) is 30.7 Å². The molecule has 5 nitrogen and oxygen atoms in total. The summed E-state index contributed by atoms with van der Waals surface area (Å²) in [7, 11) is 0. The standard InChI is InChI=1S/C16H21N3O2S/c1-11-3-2-4-12-15(11)19-13(18-12)5-6-14(20)17-9-16(21)7-8-22-10-16/h2-4,21H,5-10H2,1H3,(H,17,20)(H,18,19). The van der Waals surface area contributed by atoms with Crippen LogP contribution in [-0.2, 0) is 11.2 Å². The SMILES string of the molecule is Cc1cccc2[nH]c(CCC(=O)NCC3(O)CCSC3)nc12. The number of benzene rings is 1. The smallest absolute Gasteiger partial charge is 0.220 e. The summed E-state index contributed by atoms with van der Waals surface area (Å²) in [5.41, 5.74) is 2.38. The van der Waals surface area contributed by atoms with Gasteiger partial charge in [0.2, 0.25) is 5.91 Å². The van der Waals surface area contributed by atoms with Crippen molar-refractivity contribution in [3.63, 3.8) is 0 Å². The number of carbonyl (C=O) groups excluding carboxylic acids is 1. The van der Waals surface area contributed by atoms with Crippen LogP contribution in [0.3, 0.4) is 0 Å². The summed E-state index contributed by atoms with van der Waals surface area (Å²) in [4.78, 5) is 19.7. The average molecular weight is 319 g/mol. The van der Waals surface area contributed by atoms with Gasteiger partial charge >= 0.3 is 0 Å². The molecule has 3 rings (SSSR count). The molecule has 1 amide bonds. The molecule has 0 bridgehead atoms. The van der Waals surface area contributed by atoms with Gasteiger partial charge in [-0.1, -0.05) is 12.1 Å². The fourth-order valence-electron chi connectivity index (χ4n) is 2.66. The number of amides is 1. The highest BCUT2D eigenvalue weighted by Crippen LogP contribution is 2.27. The molecule has 1 fully saturated rings. The summed E-state index contributed by atoms with van der Waals surface area (Å²) in [5, 5.41) is 13.0. The molecule has 2 aromatic rings. The van der Waals surface area contributed by atoms with E-state index in [-0.39, 0.29) is 5.91 Å². The minimum Gasteiger partial charge on any atom is -0.387 e. The molecule has 1 aliphatic heterocycles. The largest absolute Gasteiger partial charge is 0.387 e. The van der Waals surface area contributed by atoms with E-state index in [2.05, 4.69) is 15.3 Å². The van der Waals surface area contributed by atoms with Crippen molar-refractivity contribution >= 4 is 28.7 Å². The second kappa shape index (κ2) is 6.30. The summed E-state index contributed by atoms with van der Waals surface area (Å²) in [5.74, 6) is 2.46. The number of nitrogens with one attached hydrogen (secondary N) is 2. The molecule has 1 atom stereocenters. The lowest BCUT2D eigenvalue weighted by Crippen LogP contribution is -2.43. The highest BCUT2D eigenvalue weighted by Gasteiger charge is 2.31. The van der Waals surface area contributed by atoms with E-state index in [1.165, 1.54) is 0 Å². The van der Waals surface area contributed by atoms with Crippen LogP contribution < -0.4 is 5.32 Å². The molecule has 1 aromatic heterocycles. The number of aromatic nitrogens is 2. The third-order valence-electron chi connectivity index (χ3n) is 4.05. The Morgan fingerprint density at radius 2 is 2.41 bits per heavy atom. The Bertz CT molecular complexity index is 677. The fourth-order valence-corrected chi connectivity index (χ4v) is 3.96. The van der Waals surface area contributed by atoms with Crippen LogP contribution in [0.15, 0.2) is 18.2 Å². The minimum atomic E-state index is -0.725. The van der Waals surface area contributed by atoms with E-state index >= 15 is 0 Å². The maximum atomic E-state index is 11.9. The van der Waals surface area contributed by atoms with Gasteiger partial charge in [0.1, 0.15) is 5.82 Å². The van der Waals surface area contributed by atoms with E-state index in [4.69, 9.17) is 0 Å². The second-order valence-corrected chi connectivity index (χ2v) is 7.06. The molecule has 22 heavy (non-hydrogen) atoms. The Morgan fingerprint density at radius 3 is 3.14 bits per heavy atom. The monoisotopic (exact) mass is 319 g/mol. The maximum absolute atomic E-state index is 11.9. The number of para-hydroxylation sites is 1. The van der Waals surface area contributed by atoms with E-state index in [9.17, 15) is 9.90 Å². The molecule has 118 valence electrons. The number of aliphatic hydroxyl groups is 1. The highest BCUT2D eigenvalue weighted by molar-refractivity contribution is 7.99. The van der Waals surface area contributed by atoms with E-state index in [0.717, 1.165) is 34.6 Å². The van der Waals surface area contributed by atoms with Gasteiger partial charge < -0.3 is 15.4 Å². The summed E-state index contributed by atoms with van der Waals surface area (Å²) in [6.07, 6.45) is 1.70. The predicted octanol–water partition coefficient (Wildman–Crippen LogP) is 1.79. The number of hydrogen-bond acceptors (Lipinski definition) is 4. The van der Waals surface area contributed by atoms with Crippen LogP contribution in [0.25, 0.3) is 11.0 Å². The van der Waals surface area contributed by atoms with E-state index < -0.39 is 5.60 Å². The van der Waals surface area contributed by atoms with Crippen molar-refractivity contribution in [2.24, 2.45) is 0 Å². The van der Waals surface area contributed by atoms with Crippen LogP contribution in [0.5, 0.6) is 0 Å². The number of nitrogens with zero attached hydrogens (tertiary/aromatic N) is 1. The third-order valence-corrected chi connectivity index (χ3v) is 5.28. The number of hydrogen-bond donors (Lipinski definition) is 3. The van der Waals surface area contributed by atoms with Gasteiger partial charge in [0, 0.05) is 25.1 Å². The Balaban J connectivity index is 1.52. The Labute approximate surface area is 133 Å². The van der Waals surface area contributed by atoms with Crippen LogP contribution in [0.1, 0.15) is 24.2 Å². The number of aryl methyl sites for hydroxylation is 2. The number of H-pyrrole nitrogens is 1. The van der Waals surface area contributed by atoms with Gasteiger partial charge in [0.25, 0.3) is 0 Å². The number of carbonyl (C=O) groups is 1. The molecular weight excluding hydrogens is 298 g/mol. The lowest BCUT2D eigenvalue weighted by molar-refractivity contribution is -0.122. The molecule has 1 saturated heterocycles. The Kier molecular flexibility index (Phi) is 4.40. The average Bonchev–Trinajstić information content (AvgIpc) is 3.11. The van der Waals surface area contributed by atoms with Gasteiger partial charge in [-0.25, -0.2) is 4.98 Å². The maximum Gasteiger partial charge on any atom is 0.220 e. The molecule has 6 heteroatoms. The van der Waals surface area contributed by atoms with Gasteiger partial charge in [-0.3, -0.25) is 4.79 Å². The van der Waals surface area contributed by atoms with E-state index in [1.807, 2.05) is 25.1 Å².